The number of fused-ring (bicyclic) bond motifs is 2. The second-order valence-corrected chi connectivity index (χ2v) is 8.08. The molecule has 2 aliphatic rings. The maximum Gasteiger partial charge on any atom is 0.266 e. The summed E-state index contributed by atoms with van der Waals surface area (Å²) in [6, 6.07) is 32.4. The molecule has 0 spiro atoms. The van der Waals surface area contributed by atoms with E-state index in [0.29, 0.717) is 5.69 Å². The number of benzene rings is 4. The Morgan fingerprint density at radius 3 is 2.09 bits per heavy atom. The number of hydrogen-bond donors (Lipinski definition) is 0. The van der Waals surface area contributed by atoms with Gasteiger partial charge in [-0.2, -0.15) is 0 Å². The lowest BCUT2D eigenvalue weighted by Gasteiger charge is -2.29. The molecule has 5 nitrogen and oxygen atoms in total. The maximum atomic E-state index is 13.8. The highest BCUT2D eigenvalue weighted by Crippen LogP contribution is 2.48. The lowest BCUT2D eigenvalue weighted by atomic mass is 9.90. The van der Waals surface area contributed by atoms with Gasteiger partial charge in [-0.1, -0.05) is 84.9 Å². The van der Waals surface area contributed by atoms with E-state index in [1.807, 2.05) is 103 Å². The molecule has 4 aromatic carbocycles. The summed E-state index contributed by atoms with van der Waals surface area (Å²) >= 11 is 0. The molecule has 3 atom stereocenters. The minimum atomic E-state index is -0.869. The summed E-state index contributed by atoms with van der Waals surface area (Å²) in [7, 11) is 0. The van der Waals surface area contributed by atoms with Gasteiger partial charge in [-0.05, 0) is 29.1 Å². The van der Waals surface area contributed by atoms with Crippen molar-refractivity contribution in [3.8, 4) is 0 Å². The number of para-hydroxylation sites is 1. The van der Waals surface area contributed by atoms with Gasteiger partial charge in [0, 0.05) is 5.39 Å². The quantitative estimate of drug-likeness (QED) is 0.443. The molecule has 0 radical (unpaired) electrons. The molecule has 4 aromatic rings. The number of carbonyl (C=O) groups is 2. The van der Waals surface area contributed by atoms with Crippen LogP contribution in [0.15, 0.2) is 103 Å². The van der Waals surface area contributed by atoms with Crippen LogP contribution >= 0.6 is 0 Å². The van der Waals surface area contributed by atoms with Crippen molar-refractivity contribution < 1.29 is 14.4 Å². The summed E-state index contributed by atoms with van der Waals surface area (Å²) in [6.45, 7) is 0. The Bertz CT molecular complexity index is 1320. The first kappa shape index (κ1) is 18.8. The first-order valence-corrected chi connectivity index (χ1v) is 10.7. The zero-order valence-electron chi connectivity index (χ0n) is 17.2. The molecular weight excluding hydrogens is 400 g/mol. The van der Waals surface area contributed by atoms with Gasteiger partial charge in [0.05, 0.1) is 17.4 Å². The molecule has 0 aromatic heterocycles. The number of rotatable bonds is 3. The largest absolute Gasteiger partial charge is 0.273 e. The van der Waals surface area contributed by atoms with Crippen LogP contribution in [0.1, 0.15) is 11.6 Å². The van der Waals surface area contributed by atoms with Crippen molar-refractivity contribution in [3.63, 3.8) is 0 Å². The fraction of sp³-hybridized carbons (Fsp3) is 0.111. The average molecular weight is 420 g/mol. The molecule has 2 saturated heterocycles. The third-order valence-electron chi connectivity index (χ3n) is 6.27. The average Bonchev–Trinajstić information content (AvgIpc) is 3.36. The Kier molecular flexibility index (Phi) is 4.30. The van der Waals surface area contributed by atoms with Crippen LogP contribution in [0.5, 0.6) is 0 Å². The number of carbonyl (C=O) groups excluding carboxylic acids is 2. The molecule has 0 unspecified atom stereocenters. The van der Waals surface area contributed by atoms with Gasteiger partial charge in [-0.25, -0.2) is 9.96 Å². The summed E-state index contributed by atoms with van der Waals surface area (Å²) in [5, 5.41) is 3.57. The van der Waals surface area contributed by atoms with Crippen molar-refractivity contribution in [1.29, 1.82) is 0 Å². The molecule has 6 rings (SSSR count). The predicted molar refractivity (Wildman–Crippen MR) is 123 cm³/mol. The van der Waals surface area contributed by atoms with Gasteiger partial charge >= 0.3 is 0 Å². The third kappa shape index (κ3) is 2.75. The Balaban J connectivity index is 1.47. The minimum Gasteiger partial charge on any atom is -0.273 e. The van der Waals surface area contributed by atoms with E-state index in [4.69, 9.17) is 4.84 Å². The zero-order chi connectivity index (χ0) is 21.7. The van der Waals surface area contributed by atoms with Crippen molar-refractivity contribution in [3.05, 3.63) is 109 Å². The molecule has 2 amide bonds. The monoisotopic (exact) mass is 420 g/mol. The molecule has 0 aliphatic carbocycles. The molecule has 156 valence electrons. The third-order valence-corrected chi connectivity index (χ3v) is 6.27. The number of hydroxylamine groups is 1. The second kappa shape index (κ2) is 7.32. The van der Waals surface area contributed by atoms with Gasteiger partial charge in [-0.3, -0.25) is 14.4 Å². The van der Waals surface area contributed by atoms with Crippen molar-refractivity contribution in [2.24, 2.45) is 5.92 Å². The molecule has 32 heavy (non-hydrogen) atoms. The highest BCUT2D eigenvalue weighted by molar-refractivity contribution is 6.26. The molecule has 0 saturated carbocycles. The number of imide groups is 1. The molecule has 2 aliphatic heterocycles. The standard InChI is InChI=1S/C27H20N2O3/c30-26-23-24(19-11-3-1-4-12-19)29(20-14-5-2-6-15-20)32-25(23)27(31)28(26)22-17-9-13-18-10-7-8-16-21(18)22/h1-17,23-25H/t23-,24-,25-/m1/s1. The SMILES string of the molecule is O=C1[C@@H]2[C@@H](c3ccccc3)N(c3ccccc3)O[C@H]2C(=O)N1c1cccc2ccccc12. The van der Waals surface area contributed by atoms with E-state index in [1.54, 1.807) is 5.06 Å². The van der Waals surface area contributed by atoms with Crippen LogP contribution < -0.4 is 9.96 Å². The molecule has 2 fully saturated rings. The number of nitrogens with zero attached hydrogens (tertiary/aromatic N) is 2. The second-order valence-electron chi connectivity index (χ2n) is 8.08. The fourth-order valence-electron chi connectivity index (χ4n) is 4.84. The van der Waals surface area contributed by atoms with Crippen LogP contribution in [0, 0.1) is 5.92 Å². The maximum absolute atomic E-state index is 13.8. The predicted octanol–water partition coefficient (Wildman–Crippen LogP) is 4.89. The van der Waals surface area contributed by atoms with E-state index in [-0.39, 0.29) is 11.8 Å². The lowest BCUT2D eigenvalue weighted by molar-refractivity contribution is -0.126. The van der Waals surface area contributed by atoms with Crippen LogP contribution in [-0.4, -0.2) is 17.9 Å². The van der Waals surface area contributed by atoms with E-state index in [2.05, 4.69) is 0 Å². The zero-order valence-corrected chi connectivity index (χ0v) is 17.2. The highest BCUT2D eigenvalue weighted by Gasteiger charge is 2.60. The van der Waals surface area contributed by atoms with Gasteiger partial charge in [0.2, 0.25) is 5.91 Å². The van der Waals surface area contributed by atoms with Crippen molar-refractivity contribution in [2.75, 3.05) is 9.96 Å². The first-order valence-electron chi connectivity index (χ1n) is 10.7. The Labute approximate surface area is 185 Å². The molecule has 0 bridgehead atoms. The van der Waals surface area contributed by atoms with Crippen LogP contribution in [0.3, 0.4) is 0 Å². The Morgan fingerprint density at radius 1 is 0.656 bits per heavy atom. The van der Waals surface area contributed by atoms with E-state index in [9.17, 15) is 9.59 Å². The molecule has 2 heterocycles. The van der Waals surface area contributed by atoms with Gasteiger partial charge in [-0.15, -0.1) is 0 Å². The van der Waals surface area contributed by atoms with Gasteiger partial charge in [0.25, 0.3) is 5.91 Å². The van der Waals surface area contributed by atoms with Crippen molar-refractivity contribution in [1.82, 2.24) is 0 Å². The minimum absolute atomic E-state index is 0.233. The van der Waals surface area contributed by atoms with Crippen LogP contribution in [0.2, 0.25) is 0 Å². The fourth-order valence-corrected chi connectivity index (χ4v) is 4.84. The van der Waals surface area contributed by atoms with Crippen LogP contribution in [0.25, 0.3) is 10.8 Å². The smallest absolute Gasteiger partial charge is 0.266 e. The lowest BCUT2D eigenvalue weighted by Crippen LogP contribution is -2.37. The molecular formula is C27H20N2O3. The van der Waals surface area contributed by atoms with Crippen LogP contribution in [-0.2, 0) is 14.4 Å². The van der Waals surface area contributed by atoms with E-state index < -0.39 is 18.1 Å². The summed E-state index contributed by atoms with van der Waals surface area (Å²) in [4.78, 5) is 34.9. The van der Waals surface area contributed by atoms with Gasteiger partial charge in [0.15, 0.2) is 6.10 Å². The Morgan fingerprint density at radius 2 is 1.31 bits per heavy atom. The number of hydrogen-bond acceptors (Lipinski definition) is 4. The summed E-state index contributed by atoms with van der Waals surface area (Å²) in [6.07, 6.45) is -0.869. The van der Waals surface area contributed by atoms with E-state index in [1.165, 1.54) is 4.90 Å². The highest BCUT2D eigenvalue weighted by atomic mass is 16.7. The van der Waals surface area contributed by atoms with E-state index >= 15 is 0 Å². The summed E-state index contributed by atoms with van der Waals surface area (Å²) in [5.74, 6) is -1.19. The topological polar surface area (TPSA) is 49.9 Å². The van der Waals surface area contributed by atoms with Gasteiger partial charge in [0.1, 0.15) is 5.92 Å². The van der Waals surface area contributed by atoms with Gasteiger partial charge < -0.3 is 0 Å². The summed E-state index contributed by atoms with van der Waals surface area (Å²) < 4.78 is 0. The normalized spacial score (nSPS) is 22.6. The molecule has 5 heteroatoms. The van der Waals surface area contributed by atoms with Crippen molar-refractivity contribution in [2.45, 2.75) is 12.1 Å². The number of anilines is 2. The van der Waals surface area contributed by atoms with Crippen molar-refractivity contribution >= 4 is 34.0 Å². The van der Waals surface area contributed by atoms with Crippen LogP contribution in [0.4, 0.5) is 11.4 Å². The Hall–Kier alpha value is -3.96. The number of amides is 2. The first-order chi connectivity index (χ1) is 15.7. The molecule has 0 N–H and O–H groups in total. The van der Waals surface area contributed by atoms with E-state index in [0.717, 1.165) is 22.0 Å². The summed E-state index contributed by atoms with van der Waals surface area (Å²) in [5.41, 5.74) is 2.35.